The highest BCUT2D eigenvalue weighted by Gasteiger charge is 2.35. The standard InChI is InChI=1S/C12H16ClNO/c1-15-12(8-5-6-8)11(14)9-3-2-4-10(13)7-9/h2-4,7-8,11-12H,5-6,14H2,1H3. The molecule has 2 rings (SSSR count). The SMILES string of the molecule is COC(C1CC1)C(N)c1cccc(Cl)c1. The van der Waals surface area contributed by atoms with Crippen LogP contribution in [0.5, 0.6) is 0 Å². The molecule has 0 amide bonds. The fourth-order valence-electron chi connectivity index (χ4n) is 1.96. The van der Waals surface area contributed by atoms with Crippen LogP contribution in [0.15, 0.2) is 24.3 Å². The Kier molecular flexibility index (Phi) is 3.29. The van der Waals surface area contributed by atoms with Crippen LogP contribution in [0.4, 0.5) is 0 Å². The van der Waals surface area contributed by atoms with Gasteiger partial charge in [0.15, 0.2) is 0 Å². The van der Waals surface area contributed by atoms with Gasteiger partial charge in [-0.1, -0.05) is 23.7 Å². The Labute approximate surface area is 95.4 Å². The summed E-state index contributed by atoms with van der Waals surface area (Å²) in [7, 11) is 1.73. The highest BCUT2D eigenvalue weighted by Crippen LogP contribution is 2.39. The van der Waals surface area contributed by atoms with E-state index in [0.29, 0.717) is 5.92 Å². The average molecular weight is 226 g/mol. The van der Waals surface area contributed by atoms with Gasteiger partial charge < -0.3 is 10.5 Å². The van der Waals surface area contributed by atoms with Gasteiger partial charge in [-0.05, 0) is 36.5 Å². The molecule has 2 nitrogen and oxygen atoms in total. The van der Waals surface area contributed by atoms with Crippen LogP contribution in [-0.4, -0.2) is 13.2 Å². The number of halogens is 1. The van der Waals surface area contributed by atoms with Gasteiger partial charge in [-0.2, -0.15) is 0 Å². The molecule has 3 heteroatoms. The van der Waals surface area contributed by atoms with E-state index < -0.39 is 0 Å². The van der Waals surface area contributed by atoms with Gasteiger partial charge in [0.1, 0.15) is 0 Å². The van der Waals surface area contributed by atoms with E-state index in [1.165, 1.54) is 12.8 Å². The van der Waals surface area contributed by atoms with Crippen LogP contribution in [0, 0.1) is 5.92 Å². The molecule has 0 heterocycles. The molecular weight excluding hydrogens is 210 g/mol. The van der Waals surface area contributed by atoms with E-state index in [1.807, 2.05) is 24.3 Å². The summed E-state index contributed by atoms with van der Waals surface area (Å²) in [6.45, 7) is 0. The van der Waals surface area contributed by atoms with Crippen LogP contribution in [-0.2, 0) is 4.74 Å². The van der Waals surface area contributed by atoms with Gasteiger partial charge in [0, 0.05) is 12.1 Å². The molecule has 1 fully saturated rings. The molecule has 0 bridgehead atoms. The van der Waals surface area contributed by atoms with E-state index >= 15 is 0 Å². The van der Waals surface area contributed by atoms with Crippen molar-refractivity contribution in [1.82, 2.24) is 0 Å². The minimum Gasteiger partial charge on any atom is -0.379 e. The third-order valence-corrected chi connectivity index (χ3v) is 3.18. The molecule has 2 unspecified atom stereocenters. The van der Waals surface area contributed by atoms with Crippen LogP contribution in [0.2, 0.25) is 5.02 Å². The maximum Gasteiger partial charge on any atom is 0.0791 e. The lowest BCUT2D eigenvalue weighted by Crippen LogP contribution is -2.29. The predicted octanol–water partition coefficient (Wildman–Crippen LogP) is 2.76. The number of rotatable bonds is 4. The van der Waals surface area contributed by atoms with Crippen molar-refractivity contribution in [1.29, 1.82) is 0 Å². The van der Waals surface area contributed by atoms with Gasteiger partial charge in [0.25, 0.3) is 0 Å². The number of methoxy groups -OCH3 is 1. The molecule has 82 valence electrons. The first-order valence-corrected chi connectivity index (χ1v) is 5.64. The molecule has 2 N–H and O–H groups in total. The third-order valence-electron chi connectivity index (χ3n) is 2.95. The molecule has 0 aliphatic heterocycles. The molecule has 0 spiro atoms. The second-order valence-corrected chi connectivity index (χ2v) is 4.55. The van der Waals surface area contributed by atoms with E-state index in [-0.39, 0.29) is 12.1 Å². The zero-order valence-electron chi connectivity index (χ0n) is 8.82. The maximum atomic E-state index is 6.18. The van der Waals surface area contributed by atoms with Crippen molar-refractivity contribution in [2.75, 3.05) is 7.11 Å². The number of hydrogen-bond acceptors (Lipinski definition) is 2. The molecule has 15 heavy (non-hydrogen) atoms. The Balaban J connectivity index is 2.14. The Morgan fingerprint density at radius 2 is 2.20 bits per heavy atom. The summed E-state index contributed by atoms with van der Waals surface area (Å²) in [6, 6.07) is 7.64. The molecule has 1 aliphatic carbocycles. The number of nitrogens with two attached hydrogens (primary N) is 1. The van der Waals surface area contributed by atoms with Gasteiger partial charge in [0.05, 0.1) is 12.1 Å². The lowest BCUT2D eigenvalue weighted by Gasteiger charge is -2.22. The average Bonchev–Trinajstić information content (AvgIpc) is 3.03. The van der Waals surface area contributed by atoms with Gasteiger partial charge in [0.2, 0.25) is 0 Å². The molecular formula is C12H16ClNO. The number of benzene rings is 1. The molecule has 2 atom stereocenters. The van der Waals surface area contributed by atoms with E-state index in [4.69, 9.17) is 22.1 Å². The second kappa shape index (κ2) is 4.52. The minimum atomic E-state index is -0.0683. The highest BCUT2D eigenvalue weighted by molar-refractivity contribution is 6.30. The van der Waals surface area contributed by atoms with Crippen LogP contribution in [0.1, 0.15) is 24.4 Å². The highest BCUT2D eigenvalue weighted by atomic mass is 35.5. The first kappa shape index (κ1) is 10.9. The van der Waals surface area contributed by atoms with E-state index in [2.05, 4.69) is 0 Å². The van der Waals surface area contributed by atoms with Crippen molar-refractivity contribution in [3.63, 3.8) is 0 Å². The van der Waals surface area contributed by atoms with Crippen LogP contribution in [0.3, 0.4) is 0 Å². The van der Waals surface area contributed by atoms with E-state index in [1.54, 1.807) is 7.11 Å². The Morgan fingerprint density at radius 3 is 2.73 bits per heavy atom. The van der Waals surface area contributed by atoms with Crippen molar-refractivity contribution in [2.24, 2.45) is 11.7 Å². The molecule has 0 saturated heterocycles. The predicted molar refractivity (Wildman–Crippen MR) is 61.9 cm³/mol. The van der Waals surface area contributed by atoms with Crippen molar-refractivity contribution in [2.45, 2.75) is 25.0 Å². The summed E-state index contributed by atoms with van der Waals surface area (Å²) in [5.41, 5.74) is 7.23. The zero-order valence-corrected chi connectivity index (χ0v) is 9.58. The molecule has 1 aliphatic rings. The monoisotopic (exact) mass is 225 g/mol. The maximum absolute atomic E-state index is 6.18. The Morgan fingerprint density at radius 1 is 1.47 bits per heavy atom. The fraction of sp³-hybridized carbons (Fsp3) is 0.500. The van der Waals surface area contributed by atoms with Crippen LogP contribution >= 0.6 is 11.6 Å². The fourth-order valence-corrected chi connectivity index (χ4v) is 2.16. The van der Waals surface area contributed by atoms with Crippen LogP contribution < -0.4 is 5.73 Å². The van der Waals surface area contributed by atoms with Crippen molar-refractivity contribution < 1.29 is 4.74 Å². The molecule has 1 aromatic rings. The summed E-state index contributed by atoms with van der Waals surface area (Å²) in [6.07, 6.45) is 2.59. The van der Waals surface area contributed by atoms with Crippen molar-refractivity contribution in [3.05, 3.63) is 34.9 Å². The normalized spacial score (nSPS) is 19.9. The Hall–Kier alpha value is -0.570. The summed E-state index contributed by atoms with van der Waals surface area (Å²) in [5.74, 6) is 0.629. The molecule has 0 radical (unpaired) electrons. The summed E-state index contributed by atoms with van der Waals surface area (Å²) in [5, 5.41) is 0.730. The largest absolute Gasteiger partial charge is 0.379 e. The van der Waals surface area contributed by atoms with Gasteiger partial charge in [-0.25, -0.2) is 0 Å². The second-order valence-electron chi connectivity index (χ2n) is 4.12. The first-order valence-electron chi connectivity index (χ1n) is 5.26. The molecule has 0 aromatic heterocycles. The lowest BCUT2D eigenvalue weighted by atomic mass is 9.99. The van der Waals surface area contributed by atoms with Crippen molar-refractivity contribution >= 4 is 11.6 Å². The zero-order chi connectivity index (χ0) is 10.8. The molecule has 1 saturated carbocycles. The summed E-state index contributed by atoms with van der Waals surface area (Å²) >= 11 is 5.94. The van der Waals surface area contributed by atoms with E-state index in [0.717, 1.165) is 10.6 Å². The smallest absolute Gasteiger partial charge is 0.0791 e. The quantitative estimate of drug-likeness (QED) is 0.855. The summed E-state index contributed by atoms with van der Waals surface area (Å²) < 4.78 is 5.46. The van der Waals surface area contributed by atoms with Gasteiger partial charge >= 0.3 is 0 Å². The summed E-state index contributed by atoms with van der Waals surface area (Å²) in [4.78, 5) is 0. The lowest BCUT2D eigenvalue weighted by molar-refractivity contribution is 0.0624. The van der Waals surface area contributed by atoms with E-state index in [9.17, 15) is 0 Å². The minimum absolute atomic E-state index is 0.0683. The number of hydrogen-bond donors (Lipinski definition) is 1. The topological polar surface area (TPSA) is 35.2 Å². The Bertz CT molecular complexity index is 338. The van der Waals surface area contributed by atoms with Crippen LogP contribution in [0.25, 0.3) is 0 Å². The number of ether oxygens (including phenoxy) is 1. The third kappa shape index (κ3) is 2.51. The molecule has 1 aromatic carbocycles. The van der Waals surface area contributed by atoms with Crippen molar-refractivity contribution in [3.8, 4) is 0 Å². The van der Waals surface area contributed by atoms with Gasteiger partial charge in [-0.15, -0.1) is 0 Å². The van der Waals surface area contributed by atoms with Gasteiger partial charge in [-0.3, -0.25) is 0 Å². The first-order chi connectivity index (χ1) is 7.22.